The van der Waals surface area contributed by atoms with Gasteiger partial charge in [0.05, 0.1) is 19.8 Å². The van der Waals surface area contributed by atoms with Gasteiger partial charge in [0.1, 0.15) is 0 Å². The monoisotopic (exact) mass is 214 g/mol. The third kappa shape index (κ3) is 4.07. The molecular formula is C11H22N2O2. The van der Waals surface area contributed by atoms with Gasteiger partial charge in [-0.3, -0.25) is 4.90 Å². The number of hydrogen-bond acceptors (Lipinski definition) is 4. The molecule has 0 atom stereocenters. The van der Waals surface area contributed by atoms with Crippen LogP contribution in [0, 0.1) is 0 Å². The minimum atomic E-state index is 0.606. The highest BCUT2D eigenvalue weighted by molar-refractivity contribution is 4.69. The number of ether oxygens (including phenoxy) is 1. The molecule has 2 fully saturated rings. The van der Waals surface area contributed by atoms with Crippen LogP contribution in [0.1, 0.15) is 25.7 Å². The Kier molecular flexibility index (Phi) is 4.86. The molecule has 1 heterocycles. The van der Waals surface area contributed by atoms with Crippen molar-refractivity contribution >= 4 is 0 Å². The maximum atomic E-state index is 5.49. The highest BCUT2D eigenvalue weighted by Gasteiger charge is 2.14. The van der Waals surface area contributed by atoms with Gasteiger partial charge in [-0.15, -0.1) is 0 Å². The van der Waals surface area contributed by atoms with E-state index in [1.807, 2.05) is 0 Å². The van der Waals surface area contributed by atoms with Crippen LogP contribution < -0.4 is 5.48 Å². The molecular weight excluding hydrogens is 192 g/mol. The lowest BCUT2D eigenvalue weighted by Gasteiger charge is -2.26. The van der Waals surface area contributed by atoms with Gasteiger partial charge in [0.25, 0.3) is 0 Å². The van der Waals surface area contributed by atoms with Crippen molar-refractivity contribution in [3.63, 3.8) is 0 Å². The topological polar surface area (TPSA) is 33.7 Å². The summed E-state index contributed by atoms with van der Waals surface area (Å²) < 4.78 is 5.29. The van der Waals surface area contributed by atoms with Crippen LogP contribution in [0.4, 0.5) is 0 Å². The summed E-state index contributed by atoms with van der Waals surface area (Å²) in [6.07, 6.45) is 5.25. The Balaban J connectivity index is 1.47. The molecule has 0 aromatic heterocycles. The molecule has 2 rings (SSSR count). The largest absolute Gasteiger partial charge is 0.379 e. The first-order valence-corrected chi connectivity index (χ1v) is 6.12. The van der Waals surface area contributed by atoms with Crippen LogP contribution in [-0.4, -0.2) is 50.4 Å². The van der Waals surface area contributed by atoms with Gasteiger partial charge in [0.2, 0.25) is 0 Å². The second kappa shape index (κ2) is 6.43. The first-order chi connectivity index (χ1) is 7.45. The molecule has 2 aliphatic rings. The smallest absolute Gasteiger partial charge is 0.0809 e. The fourth-order valence-corrected chi connectivity index (χ4v) is 2.22. The zero-order valence-corrected chi connectivity index (χ0v) is 9.41. The van der Waals surface area contributed by atoms with E-state index in [1.165, 1.54) is 25.7 Å². The summed E-state index contributed by atoms with van der Waals surface area (Å²) in [4.78, 5) is 7.88. The Morgan fingerprint density at radius 3 is 2.67 bits per heavy atom. The van der Waals surface area contributed by atoms with Crippen LogP contribution in [0.25, 0.3) is 0 Å². The molecule has 15 heavy (non-hydrogen) atoms. The summed E-state index contributed by atoms with van der Waals surface area (Å²) >= 11 is 0. The van der Waals surface area contributed by atoms with E-state index in [2.05, 4.69) is 10.4 Å². The van der Waals surface area contributed by atoms with Crippen LogP contribution in [0.2, 0.25) is 0 Å². The van der Waals surface area contributed by atoms with Gasteiger partial charge in [0, 0.05) is 25.7 Å². The normalized spacial score (nSPS) is 24.8. The van der Waals surface area contributed by atoms with Gasteiger partial charge in [-0.1, -0.05) is 12.8 Å². The van der Waals surface area contributed by atoms with Crippen molar-refractivity contribution in [2.24, 2.45) is 0 Å². The zero-order valence-electron chi connectivity index (χ0n) is 9.41. The van der Waals surface area contributed by atoms with E-state index < -0.39 is 0 Å². The third-order valence-electron chi connectivity index (χ3n) is 3.22. The molecule has 0 unspecified atom stereocenters. The minimum Gasteiger partial charge on any atom is -0.379 e. The van der Waals surface area contributed by atoms with Crippen LogP contribution >= 0.6 is 0 Å². The van der Waals surface area contributed by atoms with Gasteiger partial charge in [-0.05, 0) is 12.8 Å². The fourth-order valence-electron chi connectivity index (χ4n) is 2.22. The van der Waals surface area contributed by atoms with Gasteiger partial charge < -0.3 is 9.57 Å². The number of nitrogens with zero attached hydrogens (tertiary/aromatic N) is 1. The number of hydroxylamine groups is 1. The van der Waals surface area contributed by atoms with Gasteiger partial charge in [-0.2, -0.15) is 5.48 Å². The van der Waals surface area contributed by atoms with E-state index in [1.54, 1.807) is 0 Å². The van der Waals surface area contributed by atoms with E-state index in [0.717, 1.165) is 39.5 Å². The van der Waals surface area contributed by atoms with Crippen LogP contribution in [-0.2, 0) is 9.57 Å². The number of morpholine rings is 1. The summed E-state index contributed by atoms with van der Waals surface area (Å²) in [5.41, 5.74) is 3.16. The molecule has 0 spiro atoms. The molecule has 0 radical (unpaired) electrons. The SMILES string of the molecule is C1CCC(NOCCN2CCOCC2)C1. The molecule has 1 aliphatic carbocycles. The molecule has 0 amide bonds. The number of hydrogen-bond donors (Lipinski definition) is 1. The molecule has 4 heteroatoms. The Hall–Kier alpha value is -0.160. The lowest BCUT2D eigenvalue weighted by atomic mass is 10.3. The van der Waals surface area contributed by atoms with Gasteiger partial charge in [0.15, 0.2) is 0 Å². The molecule has 1 aliphatic heterocycles. The standard InChI is InChI=1S/C11H22N2O2/c1-2-4-11(3-1)12-15-10-7-13-5-8-14-9-6-13/h11-12H,1-10H2. The maximum Gasteiger partial charge on any atom is 0.0809 e. The van der Waals surface area contributed by atoms with Crippen molar-refractivity contribution in [3.8, 4) is 0 Å². The van der Waals surface area contributed by atoms with Gasteiger partial charge in [-0.25, -0.2) is 0 Å². The van der Waals surface area contributed by atoms with Crippen LogP contribution in [0.5, 0.6) is 0 Å². The highest BCUT2D eigenvalue weighted by atomic mass is 16.6. The van der Waals surface area contributed by atoms with E-state index >= 15 is 0 Å². The first-order valence-electron chi connectivity index (χ1n) is 6.12. The number of rotatable bonds is 5. The van der Waals surface area contributed by atoms with E-state index in [-0.39, 0.29) is 0 Å². The average Bonchev–Trinajstić information content (AvgIpc) is 2.79. The van der Waals surface area contributed by atoms with Crippen molar-refractivity contribution in [2.75, 3.05) is 39.5 Å². The molecule has 4 nitrogen and oxygen atoms in total. The van der Waals surface area contributed by atoms with Crippen molar-refractivity contribution in [2.45, 2.75) is 31.7 Å². The van der Waals surface area contributed by atoms with Crippen LogP contribution in [0.15, 0.2) is 0 Å². The van der Waals surface area contributed by atoms with Crippen molar-refractivity contribution in [1.82, 2.24) is 10.4 Å². The lowest BCUT2D eigenvalue weighted by Crippen LogP contribution is -2.39. The first kappa shape index (κ1) is 11.3. The summed E-state index contributed by atoms with van der Waals surface area (Å²) in [7, 11) is 0. The third-order valence-corrected chi connectivity index (χ3v) is 3.22. The molecule has 0 aromatic rings. The van der Waals surface area contributed by atoms with E-state index in [4.69, 9.17) is 9.57 Å². The maximum absolute atomic E-state index is 5.49. The van der Waals surface area contributed by atoms with Crippen molar-refractivity contribution in [3.05, 3.63) is 0 Å². The predicted octanol–water partition coefficient (Wildman–Crippen LogP) is 0.782. The second-order valence-corrected chi connectivity index (χ2v) is 4.40. The molecule has 1 N–H and O–H groups in total. The summed E-state index contributed by atoms with van der Waals surface area (Å²) in [6.45, 7) is 5.64. The Morgan fingerprint density at radius 1 is 1.20 bits per heavy atom. The zero-order chi connectivity index (χ0) is 10.3. The van der Waals surface area contributed by atoms with Crippen LogP contribution in [0.3, 0.4) is 0 Å². The van der Waals surface area contributed by atoms with Crippen molar-refractivity contribution in [1.29, 1.82) is 0 Å². The number of nitrogens with one attached hydrogen (secondary N) is 1. The molecule has 0 aromatic carbocycles. The molecule has 88 valence electrons. The molecule has 1 saturated heterocycles. The molecule has 0 bridgehead atoms. The summed E-state index contributed by atoms with van der Waals surface area (Å²) in [5.74, 6) is 0. The van der Waals surface area contributed by atoms with E-state index in [0.29, 0.717) is 6.04 Å². The summed E-state index contributed by atoms with van der Waals surface area (Å²) in [6, 6.07) is 0.606. The lowest BCUT2D eigenvalue weighted by molar-refractivity contribution is -0.0158. The fraction of sp³-hybridized carbons (Fsp3) is 1.00. The Labute approximate surface area is 91.9 Å². The Bertz CT molecular complexity index is 166. The summed E-state index contributed by atoms with van der Waals surface area (Å²) in [5, 5.41) is 0. The Morgan fingerprint density at radius 2 is 1.93 bits per heavy atom. The quantitative estimate of drug-likeness (QED) is 0.542. The predicted molar refractivity (Wildman–Crippen MR) is 58.6 cm³/mol. The average molecular weight is 214 g/mol. The second-order valence-electron chi connectivity index (χ2n) is 4.40. The minimum absolute atomic E-state index is 0.606. The highest BCUT2D eigenvalue weighted by Crippen LogP contribution is 2.17. The molecule has 1 saturated carbocycles. The van der Waals surface area contributed by atoms with Crippen molar-refractivity contribution < 1.29 is 9.57 Å². The van der Waals surface area contributed by atoms with E-state index in [9.17, 15) is 0 Å². The van der Waals surface area contributed by atoms with Gasteiger partial charge >= 0.3 is 0 Å².